The highest BCUT2D eigenvalue weighted by Crippen LogP contribution is 2.19. The molecule has 0 saturated heterocycles. The highest BCUT2D eigenvalue weighted by molar-refractivity contribution is 5.93. The number of nitrogens with zero attached hydrogens (tertiary/aromatic N) is 1. The van der Waals surface area contributed by atoms with E-state index in [4.69, 9.17) is 0 Å². The van der Waals surface area contributed by atoms with E-state index in [0.29, 0.717) is 13.0 Å². The van der Waals surface area contributed by atoms with Crippen LogP contribution in [0.1, 0.15) is 12.0 Å². The molecule has 0 fully saturated rings. The largest absolute Gasteiger partial charge is 0.361 e. The first-order valence-electron chi connectivity index (χ1n) is 8.11. The second kappa shape index (κ2) is 5.89. The number of carbonyl (C=O) groups excluding carboxylic acids is 1. The molecule has 1 amide bonds. The zero-order valence-corrected chi connectivity index (χ0v) is 13.5. The molecule has 120 valence electrons. The van der Waals surface area contributed by atoms with Crippen LogP contribution < -0.4 is 5.32 Å². The van der Waals surface area contributed by atoms with Gasteiger partial charge < -0.3 is 14.9 Å². The molecule has 0 atom stereocenters. The molecule has 0 aliphatic rings. The molecule has 0 spiro atoms. The number of H-pyrrole nitrogens is 1. The summed E-state index contributed by atoms with van der Waals surface area (Å²) in [4.78, 5) is 15.4. The maximum absolute atomic E-state index is 12.2. The van der Waals surface area contributed by atoms with Crippen molar-refractivity contribution < 1.29 is 4.79 Å². The van der Waals surface area contributed by atoms with E-state index < -0.39 is 0 Å². The van der Waals surface area contributed by atoms with E-state index in [9.17, 15) is 4.79 Å². The van der Waals surface area contributed by atoms with Gasteiger partial charge in [0.05, 0.1) is 0 Å². The van der Waals surface area contributed by atoms with Crippen LogP contribution in [0.3, 0.4) is 0 Å². The first-order valence-corrected chi connectivity index (χ1v) is 8.11. The average molecular weight is 317 g/mol. The minimum Gasteiger partial charge on any atom is -0.361 e. The molecular weight excluding hydrogens is 298 g/mol. The molecule has 2 aromatic carbocycles. The molecule has 4 aromatic rings. The lowest BCUT2D eigenvalue weighted by atomic mass is 10.2. The number of hydrogen-bond donors (Lipinski definition) is 2. The minimum atomic E-state index is 0.0230. The number of aromatic amines is 1. The first-order chi connectivity index (χ1) is 11.7. The van der Waals surface area contributed by atoms with E-state index in [2.05, 4.69) is 46.1 Å². The number of aromatic nitrogens is 2. The standard InChI is InChI=1S/C20H19N3O/c1-14-2-5-19-16(12-14)7-10-23(19)11-8-20(24)22-17-4-3-15-6-9-21-18(15)13-17/h2-7,9-10,12-13,21H,8,11H2,1H3,(H,22,24). The Morgan fingerprint density at radius 1 is 1.08 bits per heavy atom. The van der Waals surface area contributed by atoms with Crippen molar-refractivity contribution in [1.82, 2.24) is 9.55 Å². The van der Waals surface area contributed by atoms with Gasteiger partial charge in [-0.2, -0.15) is 0 Å². The van der Waals surface area contributed by atoms with Crippen molar-refractivity contribution in [3.05, 3.63) is 66.5 Å². The lowest BCUT2D eigenvalue weighted by Crippen LogP contribution is -2.14. The predicted octanol–water partition coefficient (Wildman–Crippen LogP) is 4.46. The zero-order valence-electron chi connectivity index (χ0n) is 13.5. The van der Waals surface area contributed by atoms with Crippen molar-refractivity contribution >= 4 is 33.4 Å². The molecule has 0 aliphatic carbocycles. The minimum absolute atomic E-state index is 0.0230. The number of aryl methyl sites for hydroxylation is 2. The molecule has 4 heteroatoms. The van der Waals surface area contributed by atoms with Crippen molar-refractivity contribution in [3.8, 4) is 0 Å². The van der Waals surface area contributed by atoms with E-state index in [1.807, 2.05) is 36.7 Å². The molecule has 0 saturated carbocycles. The lowest BCUT2D eigenvalue weighted by Gasteiger charge is -2.08. The van der Waals surface area contributed by atoms with Crippen molar-refractivity contribution in [2.75, 3.05) is 5.32 Å². The van der Waals surface area contributed by atoms with Crippen LogP contribution in [0.2, 0.25) is 0 Å². The molecule has 0 radical (unpaired) electrons. The van der Waals surface area contributed by atoms with Crippen molar-refractivity contribution in [3.63, 3.8) is 0 Å². The fraction of sp³-hybridized carbons (Fsp3) is 0.150. The van der Waals surface area contributed by atoms with E-state index in [1.165, 1.54) is 16.5 Å². The van der Waals surface area contributed by atoms with Crippen LogP contribution in [-0.4, -0.2) is 15.5 Å². The van der Waals surface area contributed by atoms with Gasteiger partial charge in [-0.25, -0.2) is 0 Å². The topological polar surface area (TPSA) is 49.8 Å². The lowest BCUT2D eigenvalue weighted by molar-refractivity contribution is -0.116. The summed E-state index contributed by atoms with van der Waals surface area (Å²) < 4.78 is 2.13. The van der Waals surface area contributed by atoms with E-state index >= 15 is 0 Å². The van der Waals surface area contributed by atoms with Gasteiger partial charge in [0, 0.05) is 42.1 Å². The highest BCUT2D eigenvalue weighted by atomic mass is 16.1. The SMILES string of the molecule is Cc1ccc2c(ccn2CCC(=O)Nc2ccc3cc[nH]c3c2)c1. The van der Waals surface area contributed by atoms with Crippen LogP contribution in [0, 0.1) is 6.92 Å². The van der Waals surface area contributed by atoms with Crippen LogP contribution in [0.4, 0.5) is 5.69 Å². The van der Waals surface area contributed by atoms with Gasteiger partial charge in [0.15, 0.2) is 0 Å². The summed E-state index contributed by atoms with van der Waals surface area (Å²) in [6.45, 7) is 2.76. The van der Waals surface area contributed by atoms with Crippen molar-refractivity contribution in [2.45, 2.75) is 19.9 Å². The Bertz CT molecular complexity index is 1030. The smallest absolute Gasteiger partial charge is 0.226 e. The van der Waals surface area contributed by atoms with Gasteiger partial charge in [0.25, 0.3) is 0 Å². The third-order valence-electron chi connectivity index (χ3n) is 4.35. The fourth-order valence-corrected chi connectivity index (χ4v) is 3.09. The normalized spacial score (nSPS) is 11.2. The second-order valence-electron chi connectivity index (χ2n) is 6.15. The van der Waals surface area contributed by atoms with Crippen LogP contribution in [0.15, 0.2) is 60.9 Å². The molecular formula is C20H19N3O. The second-order valence-corrected chi connectivity index (χ2v) is 6.15. The predicted molar refractivity (Wildman–Crippen MR) is 98.2 cm³/mol. The maximum atomic E-state index is 12.2. The van der Waals surface area contributed by atoms with Crippen LogP contribution in [0.5, 0.6) is 0 Å². The number of carbonyl (C=O) groups is 1. The summed E-state index contributed by atoms with van der Waals surface area (Å²) in [5.41, 5.74) is 4.27. The number of nitrogens with one attached hydrogen (secondary N) is 2. The van der Waals surface area contributed by atoms with Crippen LogP contribution >= 0.6 is 0 Å². The van der Waals surface area contributed by atoms with E-state index in [-0.39, 0.29) is 5.91 Å². The van der Waals surface area contributed by atoms with Gasteiger partial charge >= 0.3 is 0 Å². The molecule has 24 heavy (non-hydrogen) atoms. The summed E-state index contributed by atoms with van der Waals surface area (Å²) in [5.74, 6) is 0.0230. The third-order valence-corrected chi connectivity index (χ3v) is 4.35. The van der Waals surface area contributed by atoms with Gasteiger partial charge in [-0.1, -0.05) is 17.7 Å². The third kappa shape index (κ3) is 2.78. The Hall–Kier alpha value is -3.01. The van der Waals surface area contributed by atoms with Crippen molar-refractivity contribution in [1.29, 1.82) is 0 Å². The number of rotatable bonds is 4. The Balaban J connectivity index is 1.43. The summed E-state index contributed by atoms with van der Waals surface area (Å²) in [6.07, 6.45) is 4.39. The average Bonchev–Trinajstić information content (AvgIpc) is 3.18. The molecule has 4 nitrogen and oxygen atoms in total. The van der Waals surface area contributed by atoms with E-state index in [0.717, 1.165) is 16.6 Å². The summed E-state index contributed by atoms with van der Waals surface area (Å²) >= 11 is 0. The molecule has 2 N–H and O–H groups in total. The number of amides is 1. The first kappa shape index (κ1) is 14.6. The number of fused-ring (bicyclic) bond motifs is 2. The summed E-state index contributed by atoms with van der Waals surface area (Å²) in [5, 5.41) is 5.33. The van der Waals surface area contributed by atoms with Crippen molar-refractivity contribution in [2.24, 2.45) is 0 Å². The molecule has 2 aromatic heterocycles. The molecule has 4 rings (SSSR count). The number of benzene rings is 2. The molecule has 2 heterocycles. The van der Waals surface area contributed by atoms with Gasteiger partial charge in [0.2, 0.25) is 5.91 Å². The zero-order chi connectivity index (χ0) is 16.5. The maximum Gasteiger partial charge on any atom is 0.226 e. The van der Waals surface area contributed by atoms with Crippen LogP contribution in [-0.2, 0) is 11.3 Å². The highest BCUT2D eigenvalue weighted by Gasteiger charge is 2.06. The molecule has 0 bridgehead atoms. The van der Waals surface area contributed by atoms with E-state index in [1.54, 1.807) is 0 Å². The Morgan fingerprint density at radius 3 is 2.92 bits per heavy atom. The van der Waals surface area contributed by atoms with Gasteiger partial charge in [0.1, 0.15) is 0 Å². The molecule has 0 unspecified atom stereocenters. The fourth-order valence-electron chi connectivity index (χ4n) is 3.09. The van der Waals surface area contributed by atoms with Crippen LogP contribution in [0.25, 0.3) is 21.8 Å². The Morgan fingerprint density at radius 2 is 2.00 bits per heavy atom. The van der Waals surface area contributed by atoms with Gasteiger partial charge in [-0.05, 0) is 54.1 Å². The summed E-state index contributed by atoms with van der Waals surface area (Å²) in [7, 11) is 0. The quantitative estimate of drug-likeness (QED) is 0.573. The Kier molecular flexibility index (Phi) is 3.58. The number of anilines is 1. The number of hydrogen-bond acceptors (Lipinski definition) is 1. The Labute approximate surface area is 140 Å². The molecule has 0 aliphatic heterocycles. The summed E-state index contributed by atoms with van der Waals surface area (Å²) in [6, 6.07) is 16.4. The van der Waals surface area contributed by atoms with Gasteiger partial charge in [-0.3, -0.25) is 4.79 Å². The monoisotopic (exact) mass is 317 g/mol. The van der Waals surface area contributed by atoms with Gasteiger partial charge in [-0.15, -0.1) is 0 Å².